The molecule has 1 aliphatic heterocycles. The number of aliphatic carboxylic acids is 1. The van der Waals surface area contributed by atoms with Gasteiger partial charge in [0.15, 0.2) is 11.5 Å². The van der Waals surface area contributed by atoms with Gasteiger partial charge in [-0.05, 0) is 67.6 Å². The molecule has 0 radical (unpaired) electrons. The highest BCUT2D eigenvalue weighted by atomic mass is 16.5. The zero-order chi connectivity index (χ0) is 22.4. The Labute approximate surface area is 183 Å². The minimum atomic E-state index is -0.963. The number of carboxylic acids is 1. The lowest BCUT2D eigenvalue weighted by molar-refractivity contribution is -0.138. The summed E-state index contributed by atoms with van der Waals surface area (Å²) in [6, 6.07) is 10.5. The molecule has 0 unspecified atom stereocenters. The normalized spacial score (nSPS) is 15.2. The Morgan fingerprint density at radius 3 is 2.29 bits per heavy atom. The first kappa shape index (κ1) is 22.5. The van der Waals surface area contributed by atoms with Crippen molar-refractivity contribution in [3.8, 4) is 11.5 Å². The second kappa shape index (κ2) is 10.2. The zero-order valence-electron chi connectivity index (χ0n) is 18.3. The zero-order valence-corrected chi connectivity index (χ0v) is 18.3. The minimum Gasteiger partial charge on any atom is -0.490 e. The van der Waals surface area contributed by atoms with Crippen LogP contribution in [0, 0.1) is 0 Å². The van der Waals surface area contributed by atoms with Gasteiger partial charge in [0.05, 0.1) is 25.7 Å². The number of hydrogen-bond donors (Lipinski definition) is 2. The van der Waals surface area contributed by atoms with Gasteiger partial charge in [0.2, 0.25) is 0 Å². The second-order valence-corrected chi connectivity index (χ2v) is 7.40. The highest BCUT2D eigenvalue weighted by Gasteiger charge is 2.34. The topological polar surface area (TPSA) is 88.1 Å². The number of nitrogens with one attached hydrogen (secondary N) is 1. The van der Waals surface area contributed by atoms with E-state index in [0.29, 0.717) is 43.4 Å². The monoisotopic (exact) mass is 426 g/mol. The summed E-state index contributed by atoms with van der Waals surface area (Å²) in [5, 5.41) is 12.4. The molecular weight excluding hydrogens is 396 g/mol. The van der Waals surface area contributed by atoms with E-state index >= 15 is 0 Å². The van der Waals surface area contributed by atoms with Crippen molar-refractivity contribution in [1.29, 1.82) is 0 Å². The lowest BCUT2D eigenvalue weighted by atomic mass is 9.90. The third-order valence-corrected chi connectivity index (χ3v) is 5.40. The van der Waals surface area contributed by atoms with Crippen LogP contribution in [0.2, 0.25) is 0 Å². The molecule has 0 aliphatic carbocycles. The third-order valence-electron chi connectivity index (χ3n) is 5.40. The summed E-state index contributed by atoms with van der Waals surface area (Å²) in [7, 11) is 0. The number of carboxylic acid groups (broad SMARTS) is 1. The number of carbonyl (C=O) groups is 2. The van der Waals surface area contributed by atoms with Crippen molar-refractivity contribution in [2.24, 2.45) is 0 Å². The van der Waals surface area contributed by atoms with Gasteiger partial charge in [-0.2, -0.15) is 0 Å². The van der Waals surface area contributed by atoms with Crippen LogP contribution in [0.4, 0.5) is 10.5 Å². The number of anilines is 1. The molecular formula is C24H30N2O5. The summed E-state index contributed by atoms with van der Waals surface area (Å²) in [6.07, 6.45) is 1.35. The number of ether oxygens (including phenoxy) is 2. The molecule has 0 saturated heterocycles. The number of urea groups is 1. The molecule has 3 rings (SSSR count). The van der Waals surface area contributed by atoms with Crippen LogP contribution in [0.5, 0.6) is 11.5 Å². The maximum atomic E-state index is 13.1. The van der Waals surface area contributed by atoms with E-state index in [2.05, 4.69) is 12.2 Å². The van der Waals surface area contributed by atoms with Crippen molar-refractivity contribution in [2.75, 3.05) is 25.1 Å². The van der Waals surface area contributed by atoms with E-state index < -0.39 is 12.0 Å². The van der Waals surface area contributed by atoms with Crippen LogP contribution in [0.1, 0.15) is 49.9 Å². The Kier molecular flexibility index (Phi) is 7.39. The second-order valence-electron chi connectivity index (χ2n) is 7.40. The smallest absolute Gasteiger partial charge is 0.322 e. The van der Waals surface area contributed by atoms with Gasteiger partial charge in [0.1, 0.15) is 0 Å². The van der Waals surface area contributed by atoms with Gasteiger partial charge in [-0.1, -0.05) is 19.1 Å². The predicted octanol–water partition coefficient (Wildman–Crippen LogP) is 4.65. The average Bonchev–Trinajstić information content (AvgIpc) is 2.75. The van der Waals surface area contributed by atoms with Crippen molar-refractivity contribution in [2.45, 2.75) is 46.1 Å². The number of aryl methyl sites for hydroxylation is 1. The molecule has 1 heterocycles. The summed E-state index contributed by atoms with van der Waals surface area (Å²) in [6.45, 7) is 7.24. The molecule has 0 fully saturated rings. The van der Waals surface area contributed by atoms with E-state index in [4.69, 9.17) is 9.47 Å². The molecule has 0 saturated carbocycles. The summed E-state index contributed by atoms with van der Waals surface area (Å²) in [4.78, 5) is 26.3. The third kappa shape index (κ3) is 5.29. The first-order chi connectivity index (χ1) is 15.0. The number of hydrogen-bond acceptors (Lipinski definition) is 4. The Morgan fingerprint density at radius 2 is 1.71 bits per heavy atom. The number of rotatable bonds is 8. The maximum absolute atomic E-state index is 13.1. The SMILES string of the molecule is CCOc1cc2c(cc1OCC)[C@H](CC(=O)O)N(C(=O)Nc1ccc(CC)cc1)CC2. The van der Waals surface area contributed by atoms with Crippen molar-refractivity contribution in [3.63, 3.8) is 0 Å². The fourth-order valence-electron chi connectivity index (χ4n) is 3.89. The van der Waals surface area contributed by atoms with Gasteiger partial charge in [-0.25, -0.2) is 4.79 Å². The predicted molar refractivity (Wildman–Crippen MR) is 119 cm³/mol. The van der Waals surface area contributed by atoms with E-state index in [-0.39, 0.29) is 12.5 Å². The van der Waals surface area contributed by atoms with Crippen molar-refractivity contribution < 1.29 is 24.2 Å². The van der Waals surface area contributed by atoms with Gasteiger partial charge in [-0.15, -0.1) is 0 Å². The van der Waals surface area contributed by atoms with Crippen LogP contribution in [0.15, 0.2) is 36.4 Å². The molecule has 0 bridgehead atoms. The molecule has 2 amide bonds. The van der Waals surface area contributed by atoms with E-state index in [1.54, 1.807) is 4.90 Å². The molecule has 31 heavy (non-hydrogen) atoms. The van der Waals surface area contributed by atoms with Crippen LogP contribution in [-0.4, -0.2) is 41.8 Å². The van der Waals surface area contributed by atoms with Crippen LogP contribution >= 0.6 is 0 Å². The molecule has 2 aromatic rings. The molecule has 166 valence electrons. The maximum Gasteiger partial charge on any atom is 0.322 e. The van der Waals surface area contributed by atoms with E-state index in [1.165, 1.54) is 5.56 Å². The van der Waals surface area contributed by atoms with Crippen LogP contribution in [-0.2, 0) is 17.6 Å². The van der Waals surface area contributed by atoms with Gasteiger partial charge in [-0.3, -0.25) is 4.79 Å². The quantitative estimate of drug-likeness (QED) is 0.641. The van der Waals surface area contributed by atoms with Gasteiger partial charge >= 0.3 is 12.0 Å². The van der Waals surface area contributed by atoms with E-state index in [9.17, 15) is 14.7 Å². The fraction of sp³-hybridized carbons (Fsp3) is 0.417. The summed E-state index contributed by atoms with van der Waals surface area (Å²) in [5.41, 5.74) is 3.64. The molecule has 1 atom stereocenters. The highest BCUT2D eigenvalue weighted by Crippen LogP contribution is 2.40. The van der Waals surface area contributed by atoms with Crippen molar-refractivity contribution in [1.82, 2.24) is 4.90 Å². The van der Waals surface area contributed by atoms with E-state index in [0.717, 1.165) is 17.5 Å². The highest BCUT2D eigenvalue weighted by molar-refractivity contribution is 5.90. The molecule has 0 aromatic heterocycles. The Hall–Kier alpha value is -3.22. The number of amides is 2. The average molecular weight is 427 g/mol. The molecule has 2 aromatic carbocycles. The lowest BCUT2D eigenvalue weighted by Crippen LogP contribution is -2.43. The minimum absolute atomic E-state index is 0.186. The molecule has 1 aliphatic rings. The summed E-state index contributed by atoms with van der Waals surface area (Å²) in [5.74, 6) is 0.247. The molecule has 7 heteroatoms. The Balaban J connectivity index is 1.91. The largest absolute Gasteiger partial charge is 0.490 e. The number of fused-ring (bicyclic) bond motifs is 1. The van der Waals surface area contributed by atoms with Crippen LogP contribution < -0.4 is 14.8 Å². The Morgan fingerprint density at radius 1 is 1.06 bits per heavy atom. The Bertz CT molecular complexity index is 926. The first-order valence-electron chi connectivity index (χ1n) is 10.8. The van der Waals surface area contributed by atoms with Gasteiger partial charge in [0, 0.05) is 12.2 Å². The van der Waals surface area contributed by atoms with Gasteiger partial charge < -0.3 is 24.8 Å². The number of nitrogens with zero attached hydrogens (tertiary/aromatic N) is 1. The van der Waals surface area contributed by atoms with Crippen molar-refractivity contribution >= 4 is 17.7 Å². The first-order valence-corrected chi connectivity index (χ1v) is 10.8. The van der Waals surface area contributed by atoms with E-state index in [1.807, 2.05) is 50.2 Å². The van der Waals surface area contributed by atoms with Crippen LogP contribution in [0.25, 0.3) is 0 Å². The van der Waals surface area contributed by atoms with Crippen LogP contribution in [0.3, 0.4) is 0 Å². The fourth-order valence-corrected chi connectivity index (χ4v) is 3.89. The molecule has 7 nitrogen and oxygen atoms in total. The summed E-state index contributed by atoms with van der Waals surface area (Å²) < 4.78 is 11.4. The van der Waals surface area contributed by atoms with Crippen molar-refractivity contribution in [3.05, 3.63) is 53.1 Å². The standard InChI is InChI=1S/C24H30N2O5/c1-4-16-7-9-18(10-8-16)25-24(29)26-12-11-17-13-21(30-5-2)22(31-6-3)14-19(17)20(26)15-23(27)28/h7-10,13-14,20H,4-6,11-12,15H2,1-3H3,(H,25,29)(H,27,28)/t20-/m0/s1. The van der Waals surface area contributed by atoms with Gasteiger partial charge in [0.25, 0.3) is 0 Å². The summed E-state index contributed by atoms with van der Waals surface area (Å²) >= 11 is 0. The molecule has 2 N–H and O–H groups in total. The lowest BCUT2D eigenvalue weighted by Gasteiger charge is -2.37. The number of carbonyl (C=O) groups excluding carboxylic acids is 1. The molecule has 0 spiro atoms. The number of benzene rings is 2.